The molecular weight excluding hydrogens is 336 g/mol. The van der Waals surface area contributed by atoms with E-state index in [-0.39, 0.29) is 11.6 Å². The molecule has 2 aromatic rings. The first-order chi connectivity index (χ1) is 8.99. The summed E-state index contributed by atoms with van der Waals surface area (Å²) in [5.41, 5.74) is 0.996. The molecule has 0 radical (unpaired) electrons. The number of anilines is 1. The second kappa shape index (κ2) is 5.88. The van der Waals surface area contributed by atoms with Crippen LogP contribution in [-0.4, -0.2) is 0 Å². The Morgan fingerprint density at radius 1 is 1.21 bits per heavy atom. The predicted octanol–water partition coefficient (Wildman–Crippen LogP) is 5.55. The molecule has 0 bridgehead atoms. The van der Waals surface area contributed by atoms with E-state index < -0.39 is 11.6 Å². The van der Waals surface area contributed by atoms with Gasteiger partial charge in [0.1, 0.15) is 11.6 Å². The van der Waals surface area contributed by atoms with Gasteiger partial charge in [0.25, 0.3) is 0 Å². The number of benzene rings is 2. The molecule has 100 valence electrons. The van der Waals surface area contributed by atoms with Gasteiger partial charge < -0.3 is 5.32 Å². The Bertz CT molecular complexity index is 604. The third kappa shape index (κ3) is 3.25. The Morgan fingerprint density at radius 3 is 2.68 bits per heavy atom. The number of halogens is 4. The molecule has 19 heavy (non-hydrogen) atoms. The first-order valence-electron chi connectivity index (χ1n) is 5.64. The minimum Gasteiger partial charge on any atom is -0.377 e. The van der Waals surface area contributed by atoms with Gasteiger partial charge in [0, 0.05) is 5.56 Å². The highest BCUT2D eigenvalue weighted by Gasteiger charge is 2.13. The average molecular weight is 347 g/mol. The minimum absolute atomic E-state index is 0.270. The second-order valence-corrected chi connectivity index (χ2v) is 5.33. The number of hydrogen-bond donors (Lipinski definition) is 1. The molecule has 0 aliphatic carbocycles. The lowest BCUT2D eigenvalue weighted by Gasteiger charge is -2.18. The van der Waals surface area contributed by atoms with Crippen LogP contribution < -0.4 is 5.32 Å². The molecule has 0 amide bonds. The van der Waals surface area contributed by atoms with Crippen molar-refractivity contribution in [2.24, 2.45) is 0 Å². The van der Waals surface area contributed by atoms with E-state index in [9.17, 15) is 8.78 Å². The van der Waals surface area contributed by atoms with Gasteiger partial charge in [-0.05, 0) is 53.2 Å². The zero-order valence-corrected chi connectivity index (χ0v) is 12.4. The van der Waals surface area contributed by atoms with Crippen LogP contribution >= 0.6 is 27.5 Å². The molecule has 0 spiro atoms. The maximum Gasteiger partial charge on any atom is 0.128 e. The molecule has 0 aliphatic heterocycles. The van der Waals surface area contributed by atoms with E-state index in [4.69, 9.17) is 11.6 Å². The molecule has 0 aromatic heterocycles. The summed E-state index contributed by atoms with van der Waals surface area (Å²) in [4.78, 5) is 0. The van der Waals surface area contributed by atoms with Crippen molar-refractivity contribution < 1.29 is 8.78 Å². The van der Waals surface area contributed by atoms with Crippen LogP contribution in [0.25, 0.3) is 0 Å². The lowest BCUT2D eigenvalue weighted by atomic mass is 10.1. The summed E-state index contributed by atoms with van der Waals surface area (Å²) >= 11 is 9.33. The molecule has 1 atom stereocenters. The van der Waals surface area contributed by atoms with Crippen molar-refractivity contribution in [1.82, 2.24) is 0 Å². The fourth-order valence-electron chi connectivity index (χ4n) is 1.77. The van der Waals surface area contributed by atoms with E-state index in [2.05, 4.69) is 21.2 Å². The van der Waals surface area contributed by atoms with Gasteiger partial charge in [0.05, 0.1) is 21.2 Å². The molecule has 0 saturated carbocycles. The van der Waals surface area contributed by atoms with Gasteiger partial charge in [-0.15, -0.1) is 0 Å². The van der Waals surface area contributed by atoms with Crippen LogP contribution in [-0.2, 0) is 0 Å². The molecule has 2 rings (SSSR count). The van der Waals surface area contributed by atoms with Crippen LogP contribution in [0.15, 0.2) is 40.9 Å². The standard InChI is InChI=1S/C14H11BrClF2N/c1-8(10-7-9(17)5-6-12(10)18)19-13-4-2-3-11(16)14(13)15/h2-8,19H,1H3. The quantitative estimate of drug-likeness (QED) is 0.768. The molecule has 0 heterocycles. The van der Waals surface area contributed by atoms with Gasteiger partial charge in [0.2, 0.25) is 0 Å². The molecule has 1 N–H and O–H groups in total. The van der Waals surface area contributed by atoms with Gasteiger partial charge >= 0.3 is 0 Å². The Balaban J connectivity index is 2.28. The van der Waals surface area contributed by atoms with Crippen LogP contribution in [0.3, 0.4) is 0 Å². The topological polar surface area (TPSA) is 12.0 Å². The Labute approximate surface area is 123 Å². The molecule has 0 saturated heterocycles. The number of rotatable bonds is 3. The van der Waals surface area contributed by atoms with Gasteiger partial charge in [-0.3, -0.25) is 0 Å². The van der Waals surface area contributed by atoms with Crippen molar-refractivity contribution in [3.63, 3.8) is 0 Å². The molecule has 1 nitrogen and oxygen atoms in total. The van der Waals surface area contributed by atoms with Crippen LogP contribution in [0.5, 0.6) is 0 Å². The summed E-state index contributed by atoms with van der Waals surface area (Å²) in [6.45, 7) is 1.76. The molecule has 1 unspecified atom stereocenters. The van der Waals surface area contributed by atoms with Crippen molar-refractivity contribution in [2.75, 3.05) is 5.32 Å². The Hall–Kier alpha value is -1.13. The Kier molecular flexibility index (Phi) is 4.42. The summed E-state index contributed by atoms with van der Waals surface area (Å²) in [5, 5.41) is 3.65. The summed E-state index contributed by atoms with van der Waals surface area (Å²) in [7, 11) is 0. The fourth-order valence-corrected chi connectivity index (χ4v) is 2.33. The van der Waals surface area contributed by atoms with E-state index in [1.54, 1.807) is 19.1 Å². The monoisotopic (exact) mass is 345 g/mol. The summed E-state index contributed by atoms with van der Waals surface area (Å²) in [5.74, 6) is -0.908. The van der Waals surface area contributed by atoms with Gasteiger partial charge in [-0.25, -0.2) is 8.78 Å². The van der Waals surface area contributed by atoms with Crippen molar-refractivity contribution >= 4 is 33.2 Å². The van der Waals surface area contributed by atoms with E-state index >= 15 is 0 Å². The zero-order chi connectivity index (χ0) is 14.0. The fraction of sp³-hybridized carbons (Fsp3) is 0.143. The van der Waals surface area contributed by atoms with Gasteiger partial charge in [-0.1, -0.05) is 17.7 Å². The predicted molar refractivity (Wildman–Crippen MR) is 77.5 cm³/mol. The van der Waals surface area contributed by atoms with E-state index in [1.807, 2.05) is 6.07 Å². The summed E-state index contributed by atoms with van der Waals surface area (Å²) in [6, 6.07) is 8.35. The maximum absolute atomic E-state index is 13.7. The van der Waals surface area contributed by atoms with E-state index in [0.717, 1.165) is 17.8 Å². The first kappa shape index (κ1) is 14.3. The average Bonchev–Trinajstić information content (AvgIpc) is 2.38. The Morgan fingerprint density at radius 2 is 1.95 bits per heavy atom. The van der Waals surface area contributed by atoms with Crippen molar-refractivity contribution in [2.45, 2.75) is 13.0 Å². The normalized spacial score (nSPS) is 12.3. The largest absolute Gasteiger partial charge is 0.377 e. The smallest absolute Gasteiger partial charge is 0.128 e. The number of hydrogen-bond acceptors (Lipinski definition) is 1. The first-order valence-corrected chi connectivity index (χ1v) is 6.81. The molecule has 0 aliphatic rings. The van der Waals surface area contributed by atoms with E-state index in [1.165, 1.54) is 6.07 Å². The SMILES string of the molecule is CC(Nc1cccc(Cl)c1Br)c1cc(F)ccc1F. The third-order valence-corrected chi connectivity index (χ3v) is 4.15. The van der Waals surface area contributed by atoms with Crippen LogP contribution in [0.4, 0.5) is 14.5 Å². The minimum atomic E-state index is -0.463. The molecule has 5 heteroatoms. The molecular formula is C14H11BrClF2N. The van der Waals surface area contributed by atoms with Crippen molar-refractivity contribution in [3.8, 4) is 0 Å². The maximum atomic E-state index is 13.7. The van der Waals surface area contributed by atoms with Gasteiger partial charge in [-0.2, -0.15) is 0 Å². The highest BCUT2D eigenvalue weighted by Crippen LogP contribution is 2.32. The van der Waals surface area contributed by atoms with E-state index in [0.29, 0.717) is 9.50 Å². The zero-order valence-electron chi connectivity index (χ0n) is 10.1. The lowest BCUT2D eigenvalue weighted by molar-refractivity contribution is 0.577. The van der Waals surface area contributed by atoms with Crippen molar-refractivity contribution in [3.05, 3.63) is 63.1 Å². The van der Waals surface area contributed by atoms with Crippen molar-refractivity contribution in [1.29, 1.82) is 0 Å². The second-order valence-electron chi connectivity index (χ2n) is 4.13. The summed E-state index contributed by atoms with van der Waals surface area (Å²) in [6.07, 6.45) is 0. The van der Waals surface area contributed by atoms with Crippen LogP contribution in [0.1, 0.15) is 18.5 Å². The molecule has 0 fully saturated rings. The highest BCUT2D eigenvalue weighted by molar-refractivity contribution is 9.10. The van der Waals surface area contributed by atoms with Crippen LogP contribution in [0.2, 0.25) is 5.02 Å². The third-order valence-electron chi connectivity index (χ3n) is 2.75. The number of nitrogens with one attached hydrogen (secondary N) is 1. The molecule has 2 aromatic carbocycles. The van der Waals surface area contributed by atoms with Crippen LogP contribution in [0, 0.1) is 11.6 Å². The lowest BCUT2D eigenvalue weighted by Crippen LogP contribution is -2.09. The highest BCUT2D eigenvalue weighted by atomic mass is 79.9. The van der Waals surface area contributed by atoms with Gasteiger partial charge in [0.15, 0.2) is 0 Å². The summed E-state index contributed by atoms with van der Waals surface area (Å²) < 4.78 is 27.5.